The van der Waals surface area contributed by atoms with Crippen LogP contribution in [0.25, 0.3) is 0 Å². The van der Waals surface area contributed by atoms with Crippen molar-refractivity contribution in [3.05, 3.63) is 47.7 Å². The van der Waals surface area contributed by atoms with Gasteiger partial charge in [-0.2, -0.15) is 5.26 Å². The molecule has 0 aliphatic heterocycles. The van der Waals surface area contributed by atoms with Crippen molar-refractivity contribution in [2.75, 3.05) is 7.11 Å². The maximum Gasteiger partial charge on any atom is 0.237 e. The molecule has 0 fully saturated rings. The van der Waals surface area contributed by atoms with Crippen LogP contribution in [0, 0.1) is 18.3 Å². The summed E-state index contributed by atoms with van der Waals surface area (Å²) < 4.78 is 10.9. The highest BCUT2D eigenvalue weighted by molar-refractivity contribution is 5.47. The fourth-order valence-electron chi connectivity index (χ4n) is 1.52. The van der Waals surface area contributed by atoms with Crippen LogP contribution in [0.15, 0.2) is 36.5 Å². The van der Waals surface area contributed by atoms with Gasteiger partial charge in [-0.05, 0) is 36.8 Å². The Labute approximate surface area is 105 Å². The standard InChI is InChI=1S/C14H12N2O2/c1-10-5-6-12(13(8-10)17-2)18-14-11(9-15)4-3-7-16-14/h3-8H,1-2H3. The summed E-state index contributed by atoms with van der Waals surface area (Å²) in [6, 6.07) is 11.0. The molecule has 0 bridgehead atoms. The summed E-state index contributed by atoms with van der Waals surface area (Å²) in [5.41, 5.74) is 1.46. The molecule has 0 amide bonds. The zero-order chi connectivity index (χ0) is 13.0. The maximum absolute atomic E-state index is 8.97. The first-order chi connectivity index (χ1) is 8.74. The van der Waals surface area contributed by atoms with Crippen LogP contribution >= 0.6 is 0 Å². The Hall–Kier alpha value is -2.54. The van der Waals surface area contributed by atoms with E-state index in [2.05, 4.69) is 4.98 Å². The number of aryl methyl sites for hydroxylation is 1. The van der Waals surface area contributed by atoms with Crippen molar-refractivity contribution >= 4 is 0 Å². The molecule has 0 saturated heterocycles. The van der Waals surface area contributed by atoms with Gasteiger partial charge < -0.3 is 9.47 Å². The number of rotatable bonds is 3. The molecule has 0 aliphatic carbocycles. The van der Waals surface area contributed by atoms with Crippen LogP contribution in [-0.4, -0.2) is 12.1 Å². The minimum Gasteiger partial charge on any atom is -0.493 e. The summed E-state index contributed by atoms with van der Waals surface area (Å²) in [7, 11) is 1.57. The van der Waals surface area contributed by atoms with Crippen LogP contribution in [0.3, 0.4) is 0 Å². The third-order valence-electron chi connectivity index (χ3n) is 2.42. The Morgan fingerprint density at radius 1 is 1.22 bits per heavy atom. The number of ether oxygens (including phenoxy) is 2. The van der Waals surface area contributed by atoms with Gasteiger partial charge >= 0.3 is 0 Å². The number of methoxy groups -OCH3 is 1. The Morgan fingerprint density at radius 2 is 2.06 bits per heavy atom. The van der Waals surface area contributed by atoms with Gasteiger partial charge in [0.25, 0.3) is 0 Å². The molecule has 1 aromatic carbocycles. The number of hydrogen-bond acceptors (Lipinski definition) is 4. The monoisotopic (exact) mass is 240 g/mol. The van der Waals surface area contributed by atoms with Crippen LogP contribution in [0.1, 0.15) is 11.1 Å². The van der Waals surface area contributed by atoms with Crippen molar-refractivity contribution in [2.45, 2.75) is 6.92 Å². The van der Waals surface area contributed by atoms with Gasteiger partial charge in [0.15, 0.2) is 11.5 Å². The SMILES string of the molecule is COc1cc(C)ccc1Oc1ncccc1C#N. The number of hydrogen-bond donors (Lipinski definition) is 0. The molecule has 2 aromatic rings. The molecule has 2 rings (SSSR count). The van der Waals surface area contributed by atoms with E-state index < -0.39 is 0 Å². The van der Waals surface area contributed by atoms with E-state index in [1.54, 1.807) is 31.5 Å². The molecular weight excluding hydrogens is 228 g/mol. The van der Waals surface area contributed by atoms with Crippen LogP contribution < -0.4 is 9.47 Å². The summed E-state index contributed by atoms with van der Waals surface area (Å²) in [6.07, 6.45) is 1.58. The molecule has 0 atom stereocenters. The third kappa shape index (κ3) is 2.41. The van der Waals surface area contributed by atoms with E-state index in [0.717, 1.165) is 5.56 Å². The van der Waals surface area contributed by atoms with Gasteiger partial charge in [-0.25, -0.2) is 4.98 Å². The molecular formula is C14H12N2O2. The topological polar surface area (TPSA) is 55.1 Å². The van der Waals surface area contributed by atoms with Crippen LogP contribution in [0.4, 0.5) is 0 Å². The van der Waals surface area contributed by atoms with Gasteiger partial charge in [-0.1, -0.05) is 6.07 Å². The molecule has 4 heteroatoms. The van der Waals surface area contributed by atoms with Crippen molar-refractivity contribution in [1.29, 1.82) is 5.26 Å². The first kappa shape index (κ1) is 11.9. The smallest absolute Gasteiger partial charge is 0.237 e. The van der Waals surface area contributed by atoms with Crippen LogP contribution in [0.5, 0.6) is 17.4 Å². The number of nitrogens with zero attached hydrogens (tertiary/aromatic N) is 2. The lowest BCUT2D eigenvalue weighted by Gasteiger charge is -2.10. The molecule has 1 heterocycles. The first-order valence-electron chi connectivity index (χ1n) is 5.42. The fraction of sp³-hybridized carbons (Fsp3) is 0.143. The second-order valence-corrected chi connectivity index (χ2v) is 3.72. The number of nitriles is 1. The van der Waals surface area contributed by atoms with Crippen molar-refractivity contribution < 1.29 is 9.47 Å². The maximum atomic E-state index is 8.97. The predicted octanol–water partition coefficient (Wildman–Crippen LogP) is 3.06. The largest absolute Gasteiger partial charge is 0.493 e. The minimum absolute atomic E-state index is 0.280. The van der Waals surface area contributed by atoms with E-state index >= 15 is 0 Å². The summed E-state index contributed by atoms with van der Waals surface area (Å²) in [5.74, 6) is 1.44. The summed E-state index contributed by atoms with van der Waals surface area (Å²) in [6.45, 7) is 1.97. The molecule has 18 heavy (non-hydrogen) atoms. The quantitative estimate of drug-likeness (QED) is 0.827. The zero-order valence-electron chi connectivity index (χ0n) is 10.2. The van der Waals surface area contributed by atoms with E-state index in [-0.39, 0.29) is 5.88 Å². The molecule has 0 radical (unpaired) electrons. The fourth-order valence-corrected chi connectivity index (χ4v) is 1.52. The second-order valence-electron chi connectivity index (χ2n) is 3.72. The molecule has 0 N–H and O–H groups in total. The van der Waals surface area contributed by atoms with Gasteiger partial charge in [0.1, 0.15) is 11.6 Å². The Kier molecular flexibility index (Phi) is 3.44. The molecule has 90 valence electrons. The van der Waals surface area contributed by atoms with E-state index in [9.17, 15) is 0 Å². The van der Waals surface area contributed by atoms with E-state index in [1.165, 1.54) is 0 Å². The van der Waals surface area contributed by atoms with Gasteiger partial charge in [-0.3, -0.25) is 0 Å². The number of pyridine rings is 1. The summed E-state index contributed by atoms with van der Waals surface area (Å²) >= 11 is 0. The van der Waals surface area contributed by atoms with Crippen molar-refractivity contribution in [2.24, 2.45) is 0 Å². The zero-order valence-corrected chi connectivity index (χ0v) is 10.2. The van der Waals surface area contributed by atoms with Crippen LogP contribution in [0.2, 0.25) is 0 Å². The average Bonchev–Trinajstić information content (AvgIpc) is 2.41. The third-order valence-corrected chi connectivity index (χ3v) is 2.42. The predicted molar refractivity (Wildman–Crippen MR) is 66.8 cm³/mol. The molecule has 0 unspecified atom stereocenters. The van der Waals surface area contributed by atoms with Gasteiger partial charge in [0.2, 0.25) is 5.88 Å². The highest BCUT2D eigenvalue weighted by atomic mass is 16.5. The van der Waals surface area contributed by atoms with Gasteiger partial charge in [0.05, 0.1) is 7.11 Å². The average molecular weight is 240 g/mol. The normalized spacial score (nSPS) is 9.61. The van der Waals surface area contributed by atoms with E-state index in [1.807, 2.05) is 25.1 Å². The lowest BCUT2D eigenvalue weighted by Crippen LogP contribution is -1.94. The number of aromatic nitrogens is 1. The molecule has 1 aromatic heterocycles. The Balaban J connectivity index is 2.37. The second kappa shape index (κ2) is 5.19. The van der Waals surface area contributed by atoms with E-state index in [0.29, 0.717) is 17.1 Å². The van der Waals surface area contributed by atoms with Gasteiger partial charge in [-0.15, -0.1) is 0 Å². The number of benzene rings is 1. The molecule has 0 spiro atoms. The van der Waals surface area contributed by atoms with Crippen molar-refractivity contribution in [1.82, 2.24) is 4.98 Å². The molecule has 0 aliphatic rings. The van der Waals surface area contributed by atoms with E-state index in [4.69, 9.17) is 14.7 Å². The Morgan fingerprint density at radius 3 is 2.78 bits per heavy atom. The van der Waals surface area contributed by atoms with Gasteiger partial charge in [0, 0.05) is 6.20 Å². The molecule has 0 saturated carbocycles. The first-order valence-corrected chi connectivity index (χ1v) is 5.42. The summed E-state index contributed by atoms with van der Waals surface area (Å²) in [5, 5.41) is 8.97. The van der Waals surface area contributed by atoms with Crippen molar-refractivity contribution in [3.8, 4) is 23.4 Å². The van der Waals surface area contributed by atoms with Crippen LogP contribution in [-0.2, 0) is 0 Å². The van der Waals surface area contributed by atoms with Crippen molar-refractivity contribution in [3.63, 3.8) is 0 Å². The highest BCUT2D eigenvalue weighted by Gasteiger charge is 2.09. The Bertz CT molecular complexity index is 603. The summed E-state index contributed by atoms with van der Waals surface area (Å²) in [4.78, 5) is 4.04. The highest BCUT2D eigenvalue weighted by Crippen LogP contribution is 2.32. The lowest BCUT2D eigenvalue weighted by atomic mass is 10.2. The minimum atomic E-state index is 0.280. The molecule has 4 nitrogen and oxygen atoms in total. The lowest BCUT2D eigenvalue weighted by molar-refractivity contribution is 0.373.